The fourth-order valence-corrected chi connectivity index (χ4v) is 2.56. The Balaban J connectivity index is 3.32. The zero-order valence-electron chi connectivity index (χ0n) is 13.5. The van der Waals surface area contributed by atoms with Gasteiger partial charge < -0.3 is 16.4 Å². The van der Waals surface area contributed by atoms with Gasteiger partial charge in [-0.2, -0.15) is 5.10 Å². The molecule has 0 aliphatic carbocycles. The van der Waals surface area contributed by atoms with E-state index < -0.39 is 0 Å². The second-order valence-corrected chi connectivity index (χ2v) is 5.58. The third-order valence-electron chi connectivity index (χ3n) is 3.37. The molecule has 0 aliphatic heterocycles. The summed E-state index contributed by atoms with van der Waals surface area (Å²) in [5.41, 5.74) is 14.4. The van der Waals surface area contributed by atoms with E-state index in [1.165, 1.54) is 0 Å². The van der Waals surface area contributed by atoms with Crippen LogP contribution in [0.2, 0.25) is 0 Å². The van der Waals surface area contributed by atoms with Gasteiger partial charge in [0.25, 0.3) is 0 Å². The van der Waals surface area contributed by atoms with E-state index in [0.29, 0.717) is 24.8 Å². The number of carbonyl (C=O) groups excluding carboxylic acids is 1. The van der Waals surface area contributed by atoms with E-state index in [4.69, 9.17) is 11.5 Å². The van der Waals surface area contributed by atoms with Gasteiger partial charge in [-0.1, -0.05) is 27.7 Å². The molecule has 0 radical (unpaired) electrons. The Kier molecular flexibility index (Phi) is 6.55. The number of carbonyl (C=O) groups is 1. The molecular weight excluding hydrogens is 266 g/mol. The van der Waals surface area contributed by atoms with E-state index in [9.17, 15) is 4.79 Å². The number of nitrogens with two attached hydrogens (primary N) is 2. The quantitative estimate of drug-likeness (QED) is 0.745. The third-order valence-corrected chi connectivity index (χ3v) is 3.37. The molecule has 1 rings (SSSR count). The summed E-state index contributed by atoms with van der Waals surface area (Å²) in [6.45, 7) is 9.52. The molecule has 0 saturated heterocycles. The van der Waals surface area contributed by atoms with Crippen molar-refractivity contribution >= 4 is 11.7 Å². The highest BCUT2D eigenvalue weighted by Crippen LogP contribution is 2.24. The Hall–Kier alpha value is -1.69. The Morgan fingerprint density at radius 3 is 2.29 bits per heavy atom. The SMILES string of the molecule is CCc1nnc(N(CC(N)=O)CC(C)C)c(CN)c1CC. The summed E-state index contributed by atoms with van der Waals surface area (Å²) < 4.78 is 0. The van der Waals surface area contributed by atoms with Crippen molar-refractivity contribution < 1.29 is 4.79 Å². The number of rotatable bonds is 8. The minimum Gasteiger partial charge on any atom is -0.368 e. The lowest BCUT2D eigenvalue weighted by Gasteiger charge is -2.27. The molecular formula is C15H27N5O. The van der Waals surface area contributed by atoms with Crippen LogP contribution in [-0.2, 0) is 24.2 Å². The van der Waals surface area contributed by atoms with Crippen LogP contribution in [0.5, 0.6) is 0 Å². The standard InChI is InChI=1S/C15H27N5O/c1-5-11-12(7-16)15(19-18-13(11)6-2)20(8-10(3)4)9-14(17)21/h10H,5-9,16H2,1-4H3,(H2,17,21). The van der Waals surface area contributed by atoms with Gasteiger partial charge in [0.2, 0.25) is 5.91 Å². The molecule has 1 heterocycles. The molecule has 0 bridgehead atoms. The summed E-state index contributed by atoms with van der Waals surface area (Å²) in [4.78, 5) is 13.2. The molecule has 1 aromatic rings. The van der Waals surface area contributed by atoms with E-state index in [0.717, 1.165) is 29.7 Å². The molecule has 1 amide bonds. The average molecular weight is 293 g/mol. The molecule has 0 spiro atoms. The normalized spacial score (nSPS) is 11.0. The monoisotopic (exact) mass is 293 g/mol. The van der Waals surface area contributed by atoms with Gasteiger partial charge in [-0.15, -0.1) is 5.10 Å². The first-order valence-electron chi connectivity index (χ1n) is 7.55. The Morgan fingerprint density at radius 1 is 1.19 bits per heavy atom. The first-order valence-corrected chi connectivity index (χ1v) is 7.55. The average Bonchev–Trinajstić information content (AvgIpc) is 2.43. The van der Waals surface area contributed by atoms with Crippen LogP contribution in [0, 0.1) is 5.92 Å². The van der Waals surface area contributed by atoms with Crippen molar-refractivity contribution in [1.82, 2.24) is 10.2 Å². The maximum absolute atomic E-state index is 11.3. The van der Waals surface area contributed by atoms with Gasteiger partial charge in [-0.05, 0) is 24.3 Å². The minimum atomic E-state index is -0.377. The molecule has 0 aromatic carbocycles. The number of hydrogen-bond acceptors (Lipinski definition) is 5. The van der Waals surface area contributed by atoms with Crippen molar-refractivity contribution in [1.29, 1.82) is 0 Å². The topological polar surface area (TPSA) is 98.1 Å². The second-order valence-electron chi connectivity index (χ2n) is 5.58. The van der Waals surface area contributed by atoms with Gasteiger partial charge >= 0.3 is 0 Å². The van der Waals surface area contributed by atoms with Gasteiger partial charge in [0.05, 0.1) is 12.2 Å². The molecule has 0 fully saturated rings. The van der Waals surface area contributed by atoms with Crippen LogP contribution in [0.1, 0.15) is 44.5 Å². The lowest BCUT2D eigenvalue weighted by atomic mass is 10.0. The fraction of sp³-hybridized carbons (Fsp3) is 0.667. The number of nitrogens with zero attached hydrogens (tertiary/aromatic N) is 3. The molecule has 0 aliphatic rings. The van der Waals surface area contributed by atoms with Crippen LogP contribution in [-0.4, -0.2) is 29.2 Å². The predicted molar refractivity (Wildman–Crippen MR) is 84.9 cm³/mol. The molecule has 21 heavy (non-hydrogen) atoms. The van der Waals surface area contributed by atoms with E-state index in [-0.39, 0.29) is 12.5 Å². The lowest BCUT2D eigenvalue weighted by Crippen LogP contribution is -2.38. The third kappa shape index (κ3) is 4.39. The van der Waals surface area contributed by atoms with Gasteiger partial charge in [-0.25, -0.2) is 0 Å². The molecule has 1 aromatic heterocycles. The highest BCUT2D eigenvalue weighted by molar-refractivity contribution is 5.79. The van der Waals surface area contributed by atoms with Gasteiger partial charge in [0.1, 0.15) is 0 Å². The Bertz CT molecular complexity index is 487. The molecule has 0 saturated carbocycles. The Labute approximate surface area is 126 Å². The minimum absolute atomic E-state index is 0.133. The number of primary amides is 1. The summed E-state index contributed by atoms with van der Waals surface area (Å²) >= 11 is 0. The van der Waals surface area contributed by atoms with Gasteiger partial charge in [0.15, 0.2) is 5.82 Å². The fourth-order valence-electron chi connectivity index (χ4n) is 2.56. The van der Waals surface area contributed by atoms with Crippen LogP contribution >= 0.6 is 0 Å². The van der Waals surface area contributed by atoms with Crippen LogP contribution in [0.4, 0.5) is 5.82 Å². The van der Waals surface area contributed by atoms with Crippen LogP contribution in [0.15, 0.2) is 0 Å². The zero-order chi connectivity index (χ0) is 16.0. The number of amides is 1. The molecule has 0 atom stereocenters. The van der Waals surface area contributed by atoms with Crippen LogP contribution in [0.25, 0.3) is 0 Å². The lowest BCUT2D eigenvalue weighted by molar-refractivity contribution is -0.116. The molecule has 6 nitrogen and oxygen atoms in total. The summed E-state index contributed by atoms with van der Waals surface area (Å²) in [5.74, 6) is 0.699. The molecule has 118 valence electrons. The first-order chi connectivity index (χ1) is 9.94. The van der Waals surface area contributed by atoms with Crippen molar-refractivity contribution in [3.63, 3.8) is 0 Å². The number of hydrogen-bond donors (Lipinski definition) is 2. The highest BCUT2D eigenvalue weighted by atomic mass is 16.1. The summed E-state index contributed by atoms with van der Waals surface area (Å²) in [6, 6.07) is 0. The van der Waals surface area contributed by atoms with E-state index in [2.05, 4.69) is 37.9 Å². The van der Waals surface area contributed by atoms with E-state index in [1.807, 2.05) is 4.90 Å². The molecule has 6 heteroatoms. The maximum atomic E-state index is 11.3. The second kappa shape index (κ2) is 7.93. The highest BCUT2D eigenvalue weighted by Gasteiger charge is 2.20. The summed E-state index contributed by atoms with van der Waals surface area (Å²) in [7, 11) is 0. The summed E-state index contributed by atoms with van der Waals surface area (Å²) in [6.07, 6.45) is 1.67. The van der Waals surface area contributed by atoms with Crippen LogP contribution < -0.4 is 16.4 Å². The smallest absolute Gasteiger partial charge is 0.236 e. The summed E-state index contributed by atoms with van der Waals surface area (Å²) in [5, 5.41) is 8.64. The van der Waals surface area contributed by atoms with Crippen molar-refractivity contribution in [2.45, 2.75) is 47.1 Å². The van der Waals surface area contributed by atoms with Crippen LogP contribution in [0.3, 0.4) is 0 Å². The van der Waals surface area contributed by atoms with Gasteiger partial charge in [-0.3, -0.25) is 4.79 Å². The number of aromatic nitrogens is 2. The first kappa shape index (κ1) is 17.4. The predicted octanol–water partition coefficient (Wildman–Crippen LogP) is 1.01. The van der Waals surface area contributed by atoms with Gasteiger partial charge in [0, 0.05) is 18.7 Å². The Morgan fingerprint density at radius 2 is 1.86 bits per heavy atom. The number of aryl methyl sites for hydroxylation is 1. The largest absolute Gasteiger partial charge is 0.368 e. The van der Waals surface area contributed by atoms with Crippen molar-refractivity contribution in [2.75, 3.05) is 18.0 Å². The van der Waals surface area contributed by atoms with Crippen molar-refractivity contribution in [2.24, 2.45) is 17.4 Å². The van der Waals surface area contributed by atoms with Crippen molar-refractivity contribution in [3.8, 4) is 0 Å². The molecule has 0 unspecified atom stereocenters. The zero-order valence-corrected chi connectivity index (χ0v) is 13.5. The maximum Gasteiger partial charge on any atom is 0.236 e. The van der Waals surface area contributed by atoms with Crippen molar-refractivity contribution in [3.05, 3.63) is 16.8 Å². The number of anilines is 1. The van der Waals surface area contributed by atoms with E-state index in [1.54, 1.807) is 0 Å². The molecule has 4 N–H and O–H groups in total. The van der Waals surface area contributed by atoms with E-state index >= 15 is 0 Å².